The first-order valence-electron chi connectivity index (χ1n) is 4.14. The first-order chi connectivity index (χ1) is 6.92. The Bertz CT molecular complexity index is 390. The van der Waals surface area contributed by atoms with E-state index in [4.69, 9.17) is 4.74 Å². The number of alkyl halides is 1. The second-order valence-corrected chi connectivity index (χ2v) is 4.05. The van der Waals surface area contributed by atoms with Crippen molar-refractivity contribution in [2.75, 3.05) is 7.11 Å². The molecule has 1 aromatic rings. The summed E-state index contributed by atoms with van der Waals surface area (Å²) in [6.45, 7) is 1.12. The summed E-state index contributed by atoms with van der Waals surface area (Å²) in [7, 11) is 1.38. The molecule has 0 amide bonds. The summed E-state index contributed by atoms with van der Waals surface area (Å²) in [5.41, 5.74) is -2.07. The highest BCUT2D eigenvalue weighted by Crippen LogP contribution is 2.38. The number of hydrogen-bond acceptors (Lipinski definition) is 3. The number of phenols is 1. The van der Waals surface area contributed by atoms with Gasteiger partial charge in [-0.05, 0) is 19.1 Å². The maximum Gasteiger partial charge on any atom is 0.189 e. The highest BCUT2D eigenvalue weighted by Gasteiger charge is 2.28. The van der Waals surface area contributed by atoms with Gasteiger partial charge in [-0.2, -0.15) is 0 Å². The second kappa shape index (κ2) is 4.18. The zero-order chi connectivity index (χ0) is 11.6. The molecule has 0 saturated carbocycles. The van der Waals surface area contributed by atoms with Crippen LogP contribution >= 0.6 is 15.9 Å². The molecule has 0 aromatic heterocycles. The minimum absolute atomic E-state index is 0.0656. The largest absolute Gasteiger partial charge is 0.504 e. The molecule has 82 valence electrons. The lowest BCUT2D eigenvalue weighted by atomic mass is 9.99. The van der Waals surface area contributed by atoms with Crippen molar-refractivity contribution < 1.29 is 19.0 Å². The molecule has 1 aromatic carbocycles. The van der Waals surface area contributed by atoms with E-state index in [9.17, 15) is 14.3 Å². The van der Waals surface area contributed by atoms with Crippen LogP contribution in [0.4, 0.5) is 4.39 Å². The van der Waals surface area contributed by atoms with Gasteiger partial charge < -0.3 is 9.84 Å². The van der Waals surface area contributed by atoms with Crippen LogP contribution in [0.25, 0.3) is 0 Å². The zero-order valence-corrected chi connectivity index (χ0v) is 9.84. The van der Waals surface area contributed by atoms with E-state index >= 15 is 0 Å². The highest BCUT2D eigenvalue weighted by molar-refractivity contribution is 9.10. The molecular formula is C10H10BrFO3. The van der Waals surface area contributed by atoms with E-state index < -0.39 is 5.67 Å². The number of ether oxygens (including phenoxy) is 1. The quantitative estimate of drug-likeness (QED) is 0.864. The number of methoxy groups -OCH3 is 1. The lowest BCUT2D eigenvalue weighted by Gasteiger charge is -2.16. The Labute approximate surface area is 95.0 Å². The Morgan fingerprint density at radius 1 is 1.60 bits per heavy atom. The van der Waals surface area contributed by atoms with Crippen molar-refractivity contribution in [3.63, 3.8) is 0 Å². The van der Waals surface area contributed by atoms with Crippen molar-refractivity contribution in [2.45, 2.75) is 12.6 Å². The van der Waals surface area contributed by atoms with Gasteiger partial charge >= 0.3 is 0 Å². The predicted octanol–water partition coefficient (Wildman–Crippen LogP) is 2.55. The molecule has 5 heteroatoms. The number of hydrogen-bond donors (Lipinski definition) is 1. The molecule has 0 saturated heterocycles. The molecule has 15 heavy (non-hydrogen) atoms. The van der Waals surface area contributed by atoms with Crippen LogP contribution in [0.5, 0.6) is 11.5 Å². The van der Waals surface area contributed by atoms with Gasteiger partial charge in [-0.25, -0.2) is 4.39 Å². The summed E-state index contributed by atoms with van der Waals surface area (Å²) in [6.07, 6.45) is 0.180. The number of carbonyl (C=O) groups excluding carboxylic acids is 1. The normalized spacial score (nSPS) is 14.4. The molecule has 1 N–H and O–H groups in total. The van der Waals surface area contributed by atoms with Gasteiger partial charge in [-0.1, -0.05) is 15.9 Å². The molecule has 1 unspecified atom stereocenters. The number of halogens is 2. The molecule has 3 nitrogen and oxygen atoms in total. The predicted molar refractivity (Wildman–Crippen MR) is 56.9 cm³/mol. The number of carbonyl (C=O) groups is 1. The van der Waals surface area contributed by atoms with Crippen molar-refractivity contribution in [3.05, 3.63) is 22.2 Å². The fraction of sp³-hybridized carbons (Fsp3) is 0.300. The van der Waals surface area contributed by atoms with Crippen LogP contribution in [0.15, 0.2) is 16.6 Å². The summed E-state index contributed by atoms with van der Waals surface area (Å²) in [6, 6.07) is 2.57. The molecule has 0 fully saturated rings. The van der Waals surface area contributed by atoms with Crippen LogP contribution in [0.3, 0.4) is 0 Å². The third-order valence-electron chi connectivity index (χ3n) is 2.02. The molecule has 1 atom stereocenters. The third-order valence-corrected chi connectivity index (χ3v) is 2.67. The van der Waals surface area contributed by atoms with Crippen molar-refractivity contribution in [2.24, 2.45) is 0 Å². The molecular weight excluding hydrogens is 267 g/mol. The highest BCUT2D eigenvalue weighted by atomic mass is 79.9. The lowest BCUT2D eigenvalue weighted by molar-refractivity contribution is -0.117. The smallest absolute Gasteiger partial charge is 0.189 e. The zero-order valence-electron chi connectivity index (χ0n) is 8.25. The Balaban J connectivity index is 3.34. The average molecular weight is 277 g/mol. The Morgan fingerprint density at radius 3 is 2.67 bits per heavy atom. The lowest BCUT2D eigenvalue weighted by Crippen LogP contribution is -2.17. The van der Waals surface area contributed by atoms with Crippen LogP contribution in [0, 0.1) is 0 Å². The van der Waals surface area contributed by atoms with E-state index in [1.165, 1.54) is 13.2 Å². The second-order valence-electron chi connectivity index (χ2n) is 3.20. The molecule has 0 spiro atoms. The Kier molecular flexibility index (Phi) is 3.34. The van der Waals surface area contributed by atoms with Gasteiger partial charge in [0.2, 0.25) is 0 Å². The van der Waals surface area contributed by atoms with Crippen LogP contribution < -0.4 is 4.74 Å². The number of aldehydes is 1. The van der Waals surface area contributed by atoms with Gasteiger partial charge in [0.15, 0.2) is 23.5 Å². The summed E-state index contributed by atoms with van der Waals surface area (Å²) in [5.74, 6) is 0.00810. The van der Waals surface area contributed by atoms with Gasteiger partial charge in [-0.3, -0.25) is 4.79 Å². The van der Waals surface area contributed by atoms with E-state index in [0.717, 1.165) is 13.0 Å². The molecule has 0 aliphatic heterocycles. The summed E-state index contributed by atoms with van der Waals surface area (Å²) in [5, 5.41) is 9.45. The minimum atomic E-state index is -2.14. The summed E-state index contributed by atoms with van der Waals surface area (Å²) < 4.78 is 18.9. The number of aromatic hydroxyl groups is 1. The maximum absolute atomic E-state index is 13.7. The molecule has 0 heterocycles. The van der Waals surface area contributed by atoms with E-state index in [1.54, 1.807) is 0 Å². The van der Waals surface area contributed by atoms with E-state index in [-0.39, 0.29) is 23.3 Å². The fourth-order valence-electron chi connectivity index (χ4n) is 1.15. The van der Waals surface area contributed by atoms with Crippen LogP contribution in [-0.2, 0) is 10.5 Å². The molecule has 0 aliphatic carbocycles. The van der Waals surface area contributed by atoms with E-state index in [2.05, 4.69) is 15.9 Å². The van der Waals surface area contributed by atoms with Crippen LogP contribution in [-0.4, -0.2) is 18.5 Å². The number of phenolic OH excluding ortho intramolecular Hbond substituents is 1. The van der Waals surface area contributed by atoms with Gasteiger partial charge in [0.05, 0.1) is 7.11 Å². The van der Waals surface area contributed by atoms with Gasteiger partial charge in [0.1, 0.15) is 0 Å². The number of benzene rings is 1. The number of rotatable bonds is 3. The molecule has 0 aliphatic rings. The van der Waals surface area contributed by atoms with Crippen LogP contribution in [0.1, 0.15) is 12.5 Å². The third kappa shape index (κ3) is 2.28. The standard InChI is InChI=1S/C10H10BrFO3/c1-10(12,5-13)6-3-8(14)9(15-2)4-7(6)11/h3-5,14H,1-2H3. The van der Waals surface area contributed by atoms with Crippen molar-refractivity contribution in [1.29, 1.82) is 0 Å². The summed E-state index contributed by atoms with van der Waals surface area (Å²) >= 11 is 3.11. The summed E-state index contributed by atoms with van der Waals surface area (Å²) in [4.78, 5) is 10.5. The first-order valence-corrected chi connectivity index (χ1v) is 4.94. The van der Waals surface area contributed by atoms with Crippen molar-refractivity contribution >= 4 is 22.2 Å². The molecule has 0 radical (unpaired) electrons. The van der Waals surface area contributed by atoms with Gasteiger partial charge in [0, 0.05) is 10.0 Å². The Morgan fingerprint density at radius 2 is 2.20 bits per heavy atom. The first kappa shape index (κ1) is 12.0. The van der Waals surface area contributed by atoms with Crippen molar-refractivity contribution in [3.8, 4) is 11.5 Å². The monoisotopic (exact) mass is 276 g/mol. The topological polar surface area (TPSA) is 46.5 Å². The van der Waals surface area contributed by atoms with Gasteiger partial charge in [-0.15, -0.1) is 0 Å². The fourth-order valence-corrected chi connectivity index (χ4v) is 1.86. The maximum atomic E-state index is 13.7. The average Bonchev–Trinajstić information content (AvgIpc) is 2.20. The van der Waals surface area contributed by atoms with Crippen molar-refractivity contribution in [1.82, 2.24) is 0 Å². The minimum Gasteiger partial charge on any atom is -0.504 e. The molecule has 0 bridgehead atoms. The Hall–Kier alpha value is -1.10. The molecule has 1 rings (SSSR count). The van der Waals surface area contributed by atoms with Crippen LogP contribution in [0.2, 0.25) is 0 Å². The van der Waals surface area contributed by atoms with Gasteiger partial charge in [0.25, 0.3) is 0 Å². The van der Waals surface area contributed by atoms with E-state index in [1.807, 2.05) is 0 Å². The SMILES string of the molecule is COc1cc(Br)c(C(C)(F)C=O)cc1O. The van der Waals surface area contributed by atoms with E-state index in [0.29, 0.717) is 4.47 Å².